The number of carbonyl (C=O) groups excluding carboxylic acids is 1. The molecule has 0 heterocycles. The van der Waals surface area contributed by atoms with E-state index in [2.05, 4.69) is 5.32 Å². The first-order valence-corrected chi connectivity index (χ1v) is 7.43. The van der Waals surface area contributed by atoms with E-state index in [0.29, 0.717) is 17.1 Å². The largest absolute Gasteiger partial charge is 0.497 e. The predicted molar refractivity (Wildman–Crippen MR) is 75.0 cm³/mol. The Hall–Kier alpha value is -1.76. The number of nitrogens with one attached hydrogen (secondary N) is 1. The molecule has 0 fully saturated rings. The Morgan fingerprint density at radius 1 is 1.37 bits per heavy atom. The molecule has 0 saturated carbocycles. The van der Waals surface area contributed by atoms with Gasteiger partial charge in [0, 0.05) is 12.3 Å². The Labute approximate surface area is 112 Å². The Kier molecular flexibility index (Phi) is 4.09. The highest BCUT2D eigenvalue weighted by molar-refractivity contribution is 7.92. The number of nitrogens with two attached hydrogens (primary N) is 1. The van der Waals surface area contributed by atoms with Gasteiger partial charge in [-0.25, -0.2) is 8.42 Å². The number of amides is 1. The molecule has 1 aromatic rings. The lowest BCUT2D eigenvalue weighted by Crippen LogP contribution is -2.43. The van der Waals surface area contributed by atoms with Gasteiger partial charge in [-0.05, 0) is 26.0 Å². The first-order chi connectivity index (χ1) is 8.59. The van der Waals surface area contributed by atoms with Crippen LogP contribution in [0.2, 0.25) is 0 Å². The van der Waals surface area contributed by atoms with Gasteiger partial charge in [-0.2, -0.15) is 0 Å². The second-order valence-corrected chi connectivity index (χ2v) is 7.25. The van der Waals surface area contributed by atoms with Crippen LogP contribution in [0.5, 0.6) is 5.75 Å². The molecule has 0 bridgehead atoms. The number of methoxy groups -OCH3 is 1. The second-order valence-electron chi connectivity index (χ2n) is 4.69. The fourth-order valence-electron chi connectivity index (χ4n) is 1.22. The van der Waals surface area contributed by atoms with Crippen molar-refractivity contribution in [2.24, 2.45) is 0 Å². The third kappa shape index (κ3) is 3.17. The molecule has 6 nitrogen and oxygen atoms in total. The molecule has 0 aliphatic rings. The molecule has 0 aliphatic carbocycles. The highest BCUT2D eigenvalue weighted by Gasteiger charge is 2.38. The summed E-state index contributed by atoms with van der Waals surface area (Å²) in [7, 11) is -2.03. The summed E-state index contributed by atoms with van der Waals surface area (Å²) in [5.74, 6) is -0.0789. The topological polar surface area (TPSA) is 98.5 Å². The maximum absolute atomic E-state index is 12.0. The van der Waals surface area contributed by atoms with Crippen molar-refractivity contribution >= 4 is 27.1 Å². The van der Waals surface area contributed by atoms with E-state index in [9.17, 15) is 13.2 Å². The van der Waals surface area contributed by atoms with Crippen molar-refractivity contribution in [1.82, 2.24) is 0 Å². The minimum atomic E-state index is -3.52. The number of carbonyl (C=O) groups is 1. The van der Waals surface area contributed by atoms with Crippen LogP contribution >= 0.6 is 0 Å². The fourth-order valence-corrected chi connectivity index (χ4v) is 1.61. The lowest BCUT2D eigenvalue weighted by molar-refractivity contribution is -0.117. The lowest BCUT2D eigenvalue weighted by Gasteiger charge is -2.22. The lowest BCUT2D eigenvalue weighted by atomic mass is 10.1. The molecule has 7 heteroatoms. The minimum absolute atomic E-state index is 0.303. The second kappa shape index (κ2) is 5.08. The highest BCUT2D eigenvalue weighted by Crippen LogP contribution is 2.26. The van der Waals surface area contributed by atoms with E-state index in [1.54, 1.807) is 18.2 Å². The third-order valence-electron chi connectivity index (χ3n) is 2.98. The number of rotatable bonds is 4. The summed E-state index contributed by atoms with van der Waals surface area (Å²) in [6, 6.07) is 4.73. The summed E-state index contributed by atoms with van der Waals surface area (Å²) in [5.41, 5.74) is 6.41. The van der Waals surface area contributed by atoms with Crippen LogP contribution in [0.25, 0.3) is 0 Å². The number of hydrogen-bond donors (Lipinski definition) is 2. The van der Waals surface area contributed by atoms with Gasteiger partial charge in [0.15, 0.2) is 9.84 Å². The van der Waals surface area contributed by atoms with Crippen LogP contribution in [0.15, 0.2) is 18.2 Å². The van der Waals surface area contributed by atoms with E-state index in [0.717, 1.165) is 6.26 Å². The predicted octanol–water partition coefficient (Wildman–Crippen LogP) is 1.04. The molecule has 1 aromatic carbocycles. The summed E-state index contributed by atoms with van der Waals surface area (Å²) >= 11 is 0. The molecule has 0 unspecified atom stereocenters. The van der Waals surface area contributed by atoms with E-state index >= 15 is 0 Å². The molecule has 0 aliphatic heterocycles. The van der Waals surface area contributed by atoms with E-state index in [1.165, 1.54) is 21.0 Å². The number of benzene rings is 1. The summed E-state index contributed by atoms with van der Waals surface area (Å²) in [6.45, 7) is 2.69. The molecule has 0 radical (unpaired) electrons. The zero-order valence-electron chi connectivity index (χ0n) is 11.4. The SMILES string of the molecule is COc1ccc(NC(=O)C(C)(C)S(C)(=O)=O)c(N)c1. The van der Waals surface area contributed by atoms with Crippen LogP contribution < -0.4 is 15.8 Å². The molecule has 1 rings (SSSR count). The molecule has 0 spiro atoms. The molecule has 1 amide bonds. The van der Waals surface area contributed by atoms with Gasteiger partial charge in [0.2, 0.25) is 5.91 Å². The maximum atomic E-state index is 12.0. The van der Waals surface area contributed by atoms with E-state index < -0.39 is 20.5 Å². The van der Waals surface area contributed by atoms with Crippen LogP contribution in [-0.4, -0.2) is 32.4 Å². The summed E-state index contributed by atoms with van der Waals surface area (Å²) in [4.78, 5) is 12.0. The van der Waals surface area contributed by atoms with Crippen molar-refractivity contribution in [3.63, 3.8) is 0 Å². The standard InChI is InChI=1S/C12H18N2O4S/c1-12(2,19(4,16)17)11(15)14-10-6-5-8(18-3)7-9(10)13/h5-7H,13H2,1-4H3,(H,14,15). The van der Waals surface area contributed by atoms with Crippen molar-refractivity contribution in [2.75, 3.05) is 24.4 Å². The normalized spacial score (nSPS) is 12.0. The quantitative estimate of drug-likeness (QED) is 0.806. The molecule has 0 aromatic heterocycles. The third-order valence-corrected chi connectivity index (χ3v) is 5.02. The van der Waals surface area contributed by atoms with Gasteiger partial charge >= 0.3 is 0 Å². The Morgan fingerprint density at radius 2 is 1.95 bits per heavy atom. The molecule has 19 heavy (non-hydrogen) atoms. The maximum Gasteiger partial charge on any atom is 0.245 e. The highest BCUT2D eigenvalue weighted by atomic mass is 32.2. The Bertz CT molecular complexity index is 594. The average Bonchev–Trinajstić information content (AvgIpc) is 2.30. The van der Waals surface area contributed by atoms with Crippen molar-refractivity contribution in [1.29, 1.82) is 0 Å². The fraction of sp³-hybridized carbons (Fsp3) is 0.417. The summed E-state index contributed by atoms with van der Waals surface area (Å²) < 4.78 is 26.6. The van der Waals surface area contributed by atoms with Gasteiger partial charge < -0.3 is 15.8 Å². The van der Waals surface area contributed by atoms with Crippen LogP contribution in [-0.2, 0) is 14.6 Å². The summed E-state index contributed by atoms with van der Waals surface area (Å²) in [5, 5.41) is 2.51. The van der Waals surface area contributed by atoms with E-state index in [4.69, 9.17) is 10.5 Å². The Morgan fingerprint density at radius 3 is 2.37 bits per heavy atom. The van der Waals surface area contributed by atoms with Crippen LogP contribution in [0.3, 0.4) is 0 Å². The van der Waals surface area contributed by atoms with Crippen molar-refractivity contribution in [3.8, 4) is 5.75 Å². The molecule has 0 saturated heterocycles. The molecular weight excluding hydrogens is 268 g/mol. The Balaban J connectivity index is 3.01. The van der Waals surface area contributed by atoms with Crippen molar-refractivity contribution in [2.45, 2.75) is 18.6 Å². The minimum Gasteiger partial charge on any atom is -0.497 e. The molecule has 3 N–H and O–H groups in total. The first kappa shape index (κ1) is 15.3. The smallest absolute Gasteiger partial charge is 0.245 e. The van der Waals surface area contributed by atoms with Gasteiger partial charge in [-0.15, -0.1) is 0 Å². The van der Waals surface area contributed by atoms with Gasteiger partial charge in [0.1, 0.15) is 10.5 Å². The van der Waals surface area contributed by atoms with Gasteiger partial charge in [-0.3, -0.25) is 4.79 Å². The van der Waals surface area contributed by atoms with Gasteiger partial charge in [0.25, 0.3) is 0 Å². The van der Waals surface area contributed by atoms with Gasteiger partial charge in [-0.1, -0.05) is 0 Å². The van der Waals surface area contributed by atoms with E-state index in [1.807, 2.05) is 0 Å². The summed E-state index contributed by atoms with van der Waals surface area (Å²) in [6.07, 6.45) is 1.02. The number of hydrogen-bond acceptors (Lipinski definition) is 5. The van der Waals surface area contributed by atoms with E-state index in [-0.39, 0.29) is 0 Å². The van der Waals surface area contributed by atoms with Crippen molar-refractivity contribution < 1.29 is 17.9 Å². The van der Waals surface area contributed by atoms with Gasteiger partial charge in [0.05, 0.1) is 18.5 Å². The number of sulfone groups is 1. The zero-order chi connectivity index (χ0) is 14.8. The first-order valence-electron chi connectivity index (χ1n) is 5.54. The molecule has 106 valence electrons. The van der Waals surface area contributed by atoms with Crippen LogP contribution in [0, 0.1) is 0 Å². The zero-order valence-corrected chi connectivity index (χ0v) is 12.2. The average molecular weight is 286 g/mol. The number of anilines is 2. The molecular formula is C12H18N2O4S. The number of nitrogen functional groups attached to an aromatic ring is 1. The number of ether oxygens (including phenoxy) is 1. The van der Waals surface area contributed by atoms with Crippen LogP contribution in [0.1, 0.15) is 13.8 Å². The monoisotopic (exact) mass is 286 g/mol. The van der Waals surface area contributed by atoms with Crippen LogP contribution in [0.4, 0.5) is 11.4 Å². The van der Waals surface area contributed by atoms with Crippen molar-refractivity contribution in [3.05, 3.63) is 18.2 Å². The molecule has 0 atom stereocenters.